The molecule has 1 saturated heterocycles. The number of hydrogen-bond acceptors (Lipinski definition) is 5. The first-order valence-electron chi connectivity index (χ1n) is 8.47. The molecule has 6 heteroatoms. The Morgan fingerprint density at radius 2 is 2.00 bits per heavy atom. The summed E-state index contributed by atoms with van der Waals surface area (Å²) in [6, 6.07) is 5.54. The molecule has 0 bridgehead atoms. The Labute approximate surface area is 142 Å². The maximum Gasteiger partial charge on any atom is 0.187 e. The lowest BCUT2D eigenvalue weighted by Crippen LogP contribution is -2.45. The maximum absolute atomic E-state index is 12.9. The van der Waals surface area contributed by atoms with Crippen LogP contribution in [0.5, 0.6) is 0 Å². The predicted molar refractivity (Wildman–Crippen MR) is 92.4 cm³/mol. The summed E-state index contributed by atoms with van der Waals surface area (Å²) in [7, 11) is 0. The van der Waals surface area contributed by atoms with Gasteiger partial charge in [0.25, 0.3) is 0 Å². The zero-order chi connectivity index (χ0) is 17.2. The zero-order valence-corrected chi connectivity index (χ0v) is 13.9. The molecule has 1 aromatic carbocycles. The molecule has 1 fully saturated rings. The van der Waals surface area contributed by atoms with Crippen molar-refractivity contribution in [2.75, 3.05) is 45.9 Å². The van der Waals surface area contributed by atoms with Gasteiger partial charge in [0.15, 0.2) is 5.78 Å². The van der Waals surface area contributed by atoms with Crippen LogP contribution in [0.1, 0.15) is 23.2 Å². The van der Waals surface area contributed by atoms with E-state index in [9.17, 15) is 9.18 Å². The molecule has 132 valence electrons. The van der Waals surface area contributed by atoms with Gasteiger partial charge < -0.3 is 15.7 Å². The second-order valence-corrected chi connectivity index (χ2v) is 5.89. The molecule has 24 heavy (non-hydrogen) atoms. The number of aliphatic hydroxyl groups is 1. The van der Waals surface area contributed by atoms with Gasteiger partial charge in [-0.25, -0.2) is 4.39 Å². The Bertz CT molecular complexity index is 540. The number of halogens is 1. The Hall–Kier alpha value is -1.76. The molecule has 1 aromatic rings. The first kappa shape index (κ1) is 18.6. The van der Waals surface area contributed by atoms with E-state index in [-0.39, 0.29) is 18.2 Å². The average molecular weight is 335 g/mol. The summed E-state index contributed by atoms with van der Waals surface area (Å²) < 4.78 is 12.9. The molecule has 0 aliphatic carbocycles. The number of ketones is 1. The highest BCUT2D eigenvalue weighted by atomic mass is 19.1. The molecule has 0 spiro atoms. The summed E-state index contributed by atoms with van der Waals surface area (Å²) in [6.07, 6.45) is 2.77. The number of allylic oxidation sites excluding steroid dienone is 2. The number of nitrogens with zero attached hydrogens (tertiary/aromatic N) is 1. The molecule has 0 saturated carbocycles. The molecule has 2 rings (SSSR count). The minimum absolute atomic E-state index is 0.0849. The quantitative estimate of drug-likeness (QED) is 0.467. The summed E-state index contributed by atoms with van der Waals surface area (Å²) in [4.78, 5) is 14.6. The van der Waals surface area contributed by atoms with Gasteiger partial charge in [0.1, 0.15) is 5.82 Å². The van der Waals surface area contributed by atoms with Crippen LogP contribution in [0.4, 0.5) is 4.39 Å². The summed E-state index contributed by atoms with van der Waals surface area (Å²) >= 11 is 0. The normalized spacial score (nSPS) is 16.2. The number of rotatable bonds is 9. The van der Waals surface area contributed by atoms with Crippen molar-refractivity contribution >= 4 is 5.78 Å². The Morgan fingerprint density at radius 1 is 1.29 bits per heavy atom. The van der Waals surface area contributed by atoms with E-state index in [2.05, 4.69) is 15.5 Å². The van der Waals surface area contributed by atoms with Crippen molar-refractivity contribution in [1.29, 1.82) is 0 Å². The highest BCUT2D eigenvalue weighted by Crippen LogP contribution is 2.08. The molecule has 0 radical (unpaired) electrons. The van der Waals surface area contributed by atoms with Crippen LogP contribution in [-0.4, -0.2) is 61.7 Å². The molecule has 0 atom stereocenters. The Morgan fingerprint density at radius 3 is 2.67 bits per heavy atom. The molecular weight excluding hydrogens is 309 g/mol. The third-order valence-corrected chi connectivity index (χ3v) is 4.03. The van der Waals surface area contributed by atoms with Crippen molar-refractivity contribution < 1.29 is 14.3 Å². The smallest absolute Gasteiger partial charge is 0.187 e. The minimum atomic E-state index is -0.356. The van der Waals surface area contributed by atoms with Gasteiger partial charge in [0, 0.05) is 63.2 Å². The van der Waals surface area contributed by atoms with Crippen molar-refractivity contribution in [2.24, 2.45) is 0 Å². The molecule has 0 unspecified atom stereocenters. The van der Waals surface area contributed by atoms with Gasteiger partial charge in [-0.2, -0.15) is 0 Å². The van der Waals surface area contributed by atoms with Crippen molar-refractivity contribution in [3.63, 3.8) is 0 Å². The number of carbonyl (C=O) groups is 1. The SMILES string of the molecule is O=C(/C=C(\CCCO)NCCN1CCNCC1)c1ccc(F)cc1. The molecule has 1 heterocycles. The lowest BCUT2D eigenvalue weighted by atomic mass is 10.1. The second-order valence-electron chi connectivity index (χ2n) is 5.89. The Balaban J connectivity index is 1.90. The van der Waals surface area contributed by atoms with E-state index in [0.29, 0.717) is 18.4 Å². The lowest BCUT2D eigenvalue weighted by Gasteiger charge is -2.27. The maximum atomic E-state index is 12.9. The van der Waals surface area contributed by atoms with E-state index in [1.807, 2.05) is 0 Å². The topological polar surface area (TPSA) is 64.6 Å². The number of piperazine rings is 1. The van der Waals surface area contributed by atoms with Crippen LogP contribution in [0, 0.1) is 5.82 Å². The van der Waals surface area contributed by atoms with Crippen LogP contribution in [0.3, 0.4) is 0 Å². The lowest BCUT2D eigenvalue weighted by molar-refractivity contribution is 0.104. The highest BCUT2D eigenvalue weighted by molar-refractivity contribution is 6.04. The van der Waals surface area contributed by atoms with E-state index in [0.717, 1.165) is 45.0 Å². The standard InChI is InChI=1S/C18H26FN3O2/c19-16-5-3-15(4-6-16)18(24)14-17(2-1-13-23)21-9-12-22-10-7-20-8-11-22/h3-6,14,20-21,23H,1-2,7-13H2/b17-14+. The van der Waals surface area contributed by atoms with Gasteiger partial charge >= 0.3 is 0 Å². The van der Waals surface area contributed by atoms with Crippen LogP contribution in [0.15, 0.2) is 36.0 Å². The average Bonchev–Trinajstić information content (AvgIpc) is 2.61. The van der Waals surface area contributed by atoms with Gasteiger partial charge in [-0.15, -0.1) is 0 Å². The fourth-order valence-corrected chi connectivity index (χ4v) is 2.65. The van der Waals surface area contributed by atoms with Crippen molar-refractivity contribution in [3.8, 4) is 0 Å². The number of carbonyl (C=O) groups excluding carboxylic acids is 1. The van der Waals surface area contributed by atoms with E-state index >= 15 is 0 Å². The van der Waals surface area contributed by atoms with Crippen LogP contribution in [0.25, 0.3) is 0 Å². The largest absolute Gasteiger partial charge is 0.396 e. The van der Waals surface area contributed by atoms with Gasteiger partial charge in [-0.1, -0.05) is 0 Å². The molecule has 5 nitrogen and oxygen atoms in total. The van der Waals surface area contributed by atoms with E-state index in [4.69, 9.17) is 5.11 Å². The van der Waals surface area contributed by atoms with Crippen LogP contribution in [0.2, 0.25) is 0 Å². The van der Waals surface area contributed by atoms with Gasteiger partial charge in [-0.3, -0.25) is 9.69 Å². The summed E-state index contributed by atoms with van der Waals surface area (Å²) in [6.45, 7) is 5.85. The summed E-state index contributed by atoms with van der Waals surface area (Å²) in [5.74, 6) is -0.511. The first-order chi connectivity index (χ1) is 11.7. The second kappa shape index (κ2) is 10.2. The number of nitrogens with one attached hydrogen (secondary N) is 2. The first-order valence-corrected chi connectivity index (χ1v) is 8.47. The molecule has 1 aliphatic heterocycles. The van der Waals surface area contributed by atoms with Gasteiger partial charge in [0.2, 0.25) is 0 Å². The monoisotopic (exact) mass is 335 g/mol. The van der Waals surface area contributed by atoms with Gasteiger partial charge in [0.05, 0.1) is 0 Å². The fraction of sp³-hybridized carbons (Fsp3) is 0.500. The van der Waals surface area contributed by atoms with Crippen LogP contribution < -0.4 is 10.6 Å². The molecule has 1 aliphatic rings. The number of hydrogen-bond donors (Lipinski definition) is 3. The van der Waals surface area contributed by atoms with E-state index < -0.39 is 0 Å². The third-order valence-electron chi connectivity index (χ3n) is 4.03. The molecule has 0 amide bonds. The summed E-state index contributed by atoms with van der Waals surface area (Å²) in [5.41, 5.74) is 1.27. The zero-order valence-electron chi connectivity index (χ0n) is 13.9. The summed E-state index contributed by atoms with van der Waals surface area (Å²) in [5, 5.41) is 15.7. The molecular formula is C18H26FN3O2. The van der Waals surface area contributed by atoms with Crippen molar-refractivity contribution in [2.45, 2.75) is 12.8 Å². The predicted octanol–water partition coefficient (Wildman–Crippen LogP) is 1.16. The minimum Gasteiger partial charge on any atom is -0.396 e. The number of benzene rings is 1. The third kappa shape index (κ3) is 6.39. The number of aliphatic hydroxyl groups excluding tert-OH is 1. The van der Waals surface area contributed by atoms with E-state index in [1.54, 1.807) is 6.08 Å². The van der Waals surface area contributed by atoms with Crippen molar-refractivity contribution in [3.05, 3.63) is 47.4 Å². The molecule has 3 N–H and O–H groups in total. The van der Waals surface area contributed by atoms with Crippen molar-refractivity contribution in [1.82, 2.24) is 15.5 Å². The van der Waals surface area contributed by atoms with E-state index in [1.165, 1.54) is 24.3 Å². The van der Waals surface area contributed by atoms with Crippen LogP contribution in [-0.2, 0) is 0 Å². The van der Waals surface area contributed by atoms with Crippen LogP contribution >= 0.6 is 0 Å². The molecule has 0 aromatic heterocycles. The fourth-order valence-electron chi connectivity index (χ4n) is 2.65. The Kier molecular flexibility index (Phi) is 7.88. The van der Waals surface area contributed by atoms with Gasteiger partial charge in [-0.05, 0) is 37.1 Å². The highest BCUT2D eigenvalue weighted by Gasteiger charge is 2.10.